The van der Waals surface area contributed by atoms with Gasteiger partial charge in [0.25, 0.3) is 0 Å². The van der Waals surface area contributed by atoms with E-state index in [2.05, 4.69) is 204 Å². The zero-order valence-electron chi connectivity index (χ0n) is 28.5. The predicted molar refractivity (Wildman–Crippen MR) is 226 cm³/mol. The van der Waals surface area contributed by atoms with Gasteiger partial charge in [0.05, 0.1) is 0 Å². The molecule has 0 aromatic heterocycles. The van der Waals surface area contributed by atoms with Crippen LogP contribution in [-0.4, -0.2) is 0 Å². The van der Waals surface area contributed by atoms with E-state index in [1.54, 1.807) is 0 Å². The molecule has 0 saturated carbocycles. The summed E-state index contributed by atoms with van der Waals surface area (Å²) in [5.74, 6) is 0. The summed E-state index contributed by atoms with van der Waals surface area (Å²) < 4.78 is 0. The second-order valence-electron chi connectivity index (χ2n) is 11.2. The van der Waals surface area contributed by atoms with Crippen LogP contribution in [0.4, 0.5) is 0 Å². The van der Waals surface area contributed by atoms with Crippen molar-refractivity contribution < 1.29 is 17.9 Å². The minimum absolute atomic E-state index is 0.446. The van der Waals surface area contributed by atoms with Gasteiger partial charge in [0.1, 0.15) is 0 Å². The first-order valence-corrected chi connectivity index (χ1v) is 22.5. The molecule has 8 aromatic rings. The molecule has 0 saturated heterocycles. The van der Waals surface area contributed by atoms with Gasteiger partial charge in [-0.25, -0.2) is 11.1 Å². The first-order chi connectivity index (χ1) is 25.9. The molecule has 0 aliphatic carbocycles. The average molecular weight is 904 g/mol. The number of benzene rings is 8. The van der Waals surface area contributed by atoms with Gasteiger partial charge in [0.15, 0.2) is 0 Å². The number of hydrogen-bond donors (Lipinski definition) is 0. The molecule has 0 unspecified atom stereocenters. The largest absolute Gasteiger partial charge is 0.226 e. The summed E-state index contributed by atoms with van der Waals surface area (Å²) in [6.07, 6.45) is 0. The molecule has 0 spiro atoms. The molecule has 8 aromatic carbocycles. The van der Waals surface area contributed by atoms with E-state index >= 15 is 0 Å². The minimum atomic E-state index is -0.446. The summed E-state index contributed by atoms with van der Waals surface area (Å²) in [5, 5.41) is 8.39. The van der Waals surface area contributed by atoms with Crippen LogP contribution in [0.15, 0.2) is 231 Å². The van der Waals surface area contributed by atoms with Gasteiger partial charge in [-0.2, -0.15) is 48.5 Å². The molecule has 0 aliphatic heterocycles. The van der Waals surface area contributed by atoms with Crippen LogP contribution in [0.5, 0.6) is 0 Å². The monoisotopic (exact) mass is 904 g/mol. The SMILES string of the molecule is [Cl][Ir+2].[c-]1ccccc1-c1[c-]cccc1.c1ccc(P(c2ccccc2)c2ccccc2)cc1.c1ccc(P(c2ccccc2)c2ccccc2)cc1. The summed E-state index contributed by atoms with van der Waals surface area (Å²) in [6, 6.07) is 86.8. The Kier molecular flexibility index (Phi) is 16.8. The van der Waals surface area contributed by atoms with Gasteiger partial charge in [-0.1, -0.05) is 182 Å². The van der Waals surface area contributed by atoms with Crippen molar-refractivity contribution in [2.45, 2.75) is 0 Å². The van der Waals surface area contributed by atoms with E-state index in [4.69, 9.17) is 0 Å². The standard InChI is InChI=1S/2C18H15P.C12H8.ClH.Ir/c2*1-4-10-16(11-5-1)19(17-12-6-2-7-13-17)18-14-8-3-9-15-18;1-3-7-11(8-4-1)12-9-5-2-6-10-12;;/h2*1-15H;1-7,9H;1H;/q;;-2;;+3/p-1. The van der Waals surface area contributed by atoms with Crippen LogP contribution in [0.2, 0.25) is 0 Å². The van der Waals surface area contributed by atoms with Gasteiger partial charge in [0, 0.05) is 0 Å². The quantitative estimate of drug-likeness (QED) is 0.110. The molecule has 0 nitrogen and oxygen atoms in total. The molecule has 8 rings (SSSR count). The van der Waals surface area contributed by atoms with Gasteiger partial charge >= 0.3 is 27.5 Å². The second kappa shape index (κ2) is 22.5. The smallest absolute Gasteiger partial charge is 0.0134 e. The summed E-state index contributed by atoms with van der Waals surface area (Å²) in [4.78, 5) is 0. The van der Waals surface area contributed by atoms with E-state index in [9.17, 15) is 0 Å². The van der Waals surface area contributed by atoms with Crippen LogP contribution in [0.1, 0.15) is 0 Å². The van der Waals surface area contributed by atoms with Gasteiger partial charge in [-0.3, -0.25) is 0 Å². The Morgan fingerprint density at radius 3 is 0.635 bits per heavy atom. The second-order valence-corrected chi connectivity index (χ2v) is 15.7. The van der Waals surface area contributed by atoms with Crippen molar-refractivity contribution >= 4 is 57.3 Å². The summed E-state index contributed by atoms with van der Waals surface area (Å²) in [6.45, 7) is 0. The van der Waals surface area contributed by atoms with E-state index < -0.39 is 15.8 Å². The van der Waals surface area contributed by atoms with Gasteiger partial charge in [-0.15, -0.1) is 12.1 Å². The third kappa shape index (κ3) is 11.8. The Morgan fingerprint density at radius 1 is 0.269 bits per heavy atom. The van der Waals surface area contributed by atoms with Crippen molar-refractivity contribution in [1.29, 1.82) is 0 Å². The Hall–Kier alpha value is -4.44. The Labute approximate surface area is 326 Å². The summed E-state index contributed by atoms with van der Waals surface area (Å²) in [7, 11) is 3.75. The minimum Gasteiger partial charge on any atom is -0.226 e. The fraction of sp³-hybridized carbons (Fsp3) is 0. The van der Waals surface area contributed by atoms with Crippen LogP contribution in [-0.2, 0) is 17.9 Å². The topological polar surface area (TPSA) is 0 Å². The first kappa shape index (κ1) is 38.8. The van der Waals surface area contributed by atoms with Crippen LogP contribution in [0.3, 0.4) is 0 Å². The molecule has 0 radical (unpaired) electrons. The first-order valence-electron chi connectivity index (χ1n) is 16.8. The third-order valence-electron chi connectivity index (χ3n) is 7.79. The van der Waals surface area contributed by atoms with Crippen LogP contribution >= 0.6 is 25.4 Å². The Morgan fingerprint density at radius 2 is 0.462 bits per heavy atom. The normalized spacial score (nSPS) is 10.1. The number of halogens is 1. The van der Waals surface area contributed by atoms with E-state index in [-0.39, 0.29) is 0 Å². The predicted octanol–water partition coefficient (Wildman–Crippen LogP) is 10.5. The van der Waals surface area contributed by atoms with Gasteiger partial charge in [-0.05, 0) is 47.7 Å². The fourth-order valence-corrected chi connectivity index (χ4v) is 10.1. The van der Waals surface area contributed by atoms with Crippen molar-refractivity contribution in [1.82, 2.24) is 0 Å². The van der Waals surface area contributed by atoms with Gasteiger partial charge in [0.2, 0.25) is 0 Å². The van der Waals surface area contributed by atoms with E-state index in [0.29, 0.717) is 0 Å². The molecule has 4 heteroatoms. The maximum Gasteiger partial charge on any atom is -0.0134 e. The van der Waals surface area contributed by atoms with Crippen molar-refractivity contribution in [3.63, 3.8) is 0 Å². The van der Waals surface area contributed by atoms with Crippen LogP contribution in [0, 0.1) is 12.1 Å². The Balaban J connectivity index is 0.000000151. The van der Waals surface area contributed by atoms with Crippen LogP contribution in [0.25, 0.3) is 11.1 Å². The van der Waals surface area contributed by atoms with E-state index in [0.717, 1.165) is 11.1 Å². The van der Waals surface area contributed by atoms with Crippen molar-refractivity contribution in [3.05, 3.63) is 243 Å². The van der Waals surface area contributed by atoms with Crippen LogP contribution < -0.4 is 31.8 Å². The molecular formula is C48H38ClIrP2. The maximum atomic E-state index is 4.64. The summed E-state index contributed by atoms with van der Waals surface area (Å²) in [5.41, 5.74) is 2.19. The Bertz CT molecular complexity index is 1730. The maximum absolute atomic E-state index is 4.64. The van der Waals surface area contributed by atoms with E-state index in [1.807, 2.05) is 48.5 Å². The molecular weight excluding hydrogens is 866 g/mol. The molecule has 0 aliphatic rings. The molecule has 52 heavy (non-hydrogen) atoms. The van der Waals surface area contributed by atoms with Crippen molar-refractivity contribution in [3.8, 4) is 11.1 Å². The molecule has 0 fully saturated rings. The molecule has 0 heterocycles. The molecule has 256 valence electrons. The molecule has 0 amide bonds. The number of hydrogen-bond acceptors (Lipinski definition) is 0. The molecule has 0 atom stereocenters. The molecule has 0 N–H and O–H groups in total. The number of rotatable bonds is 7. The van der Waals surface area contributed by atoms with Crippen molar-refractivity contribution in [2.75, 3.05) is 0 Å². The van der Waals surface area contributed by atoms with Crippen molar-refractivity contribution in [2.24, 2.45) is 0 Å². The zero-order chi connectivity index (χ0) is 36.1. The molecule has 0 bridgehead atoms. The average Bonchev–Trinajstić information content (AvgIpc) is 3.25. The fourth-order valence-electron chi connectivity index (χ4n) is 5.48. The van der Waals surface area contributed by atoms with E-state index in [1.165, 1.54) is 49.7 Å². The third-order valence-corrected chi connectivity index (χ3v) is 12.7. The zero-order valence-corrected chi connectivity index (χ0v) is 33.5. The summed E-state index contributed by atoms with van der Waals surface area (Å²) >= 11 is 1.47. The van der Waals surface area contributed by atoms with Gasteiger partial charge < -0.3 is 0 Å².